The normalized spacial score (nSPS) is 22.7. The number of anilines is 1. The van der Waals surface area contributed by atoms with Gasteiger partial charge < -0.3 is 15.2 Å². The molecule has 0 saturated heterocycles. The zero-order valence-electron chi connectivity index (χ0n) is 19.3. The third kappa shape index (κ3) is 4.93. The molecule has 3 N–H and O–H groups in total. The number of H-pyrrole nitrogens is 1. The Kier molecular flexibility index (Phi) is 6.26. The number of nitriles is 1. The van der Waals surface area contributed by atoms with Crippen LogP contribution in [0, 0.1) is 16.7 Å². The van der Waals surface area contributed by atoms with E-state index >= 15 is 0 Å². The van der Waals surface area contributed by atoms with Gasteiger partial charge in [-0.05, 0) is 49.7 Å². The molecule has 174 valence electrons. The summed E-state index contributed by atoms with van der Waals surface area (Å²) in [7, 11) is 0. The van der Waals surface area contributed by atoms with Crippen molar-refractivity contribution in [1.29, 1.82) is 5.26 Å². The van der Waals surface area contributed by atoms with Gasteiger partial charge in [-0.15, -0.1) is 0 Å². The maximum atomic E-state index is 13.0. The summed E-state index contributed by atoms with van der Waals surface area (Å²) in [6, 6.07) is 7.58. The number of hydrogen-bond donors (Lipinski definition) is 3. The van der Waals surface area contributed by atoms with E-state index in [2.05, 4.69) is 21.6 Å². The first-order chi connectivity index (χ1) is 15.7. The number of rotatable bonds is 5. The fourth-order valence-corrected chi connectivity index (χ4v) is 4.92. The summed E-state index contributed by atoms with van der Waals surface area (Å²) in [5.41, 5.74) is 3.26. The van der Waals surface area contributed by atoms with E-state index in [-0.39, 0.29) is 23.3 Å². The zero-order valence-corrected chi connectivity index (χ0v) is 19.3. The average molecular weight is 451 g/mol. The van der Waals surface area contributed by atoms with Gasteiger partial charge in [-0.1, -0.05) is 19.9 Å². The van der Waals surface area contributed by atoms with Crippen LogP contribution in [0.2, 0.25) is 0 Å². The average Bonchev–Trinajstić information content (AvgIpc) is 3.16. The van der Waals surface area contributed by atoms with E-state index in [1.54, 1.807) is 18.2 Å². The van der Waals surface area contributed by atoms with Crippen LogP contribution in [0.25, 0.3) is 0 Å². The smallest absolute Gasteiger partial charge is 0.303 e. The van der Waals surface area contributed by atoms with Gasteiger partial charge in [0.2, 0.25) is 0 Å². The summed E-state index contributed by atoms with van der Waals surface area (Å²) >= 11 is 0. The first kappa shape index (κ1) is 23.0. The number of aliphatic hydroxyl groups is 1. The van der Waals surface area contributed by atoms with E-state index in [0.717, 1.165) is 18.5 Å². The largest absolute Gasteiger partial charge is 0.451 e. The number of ketones is 1. The van der Waals surface area contributed by atoms with E-state index in [9.17, 15) is 20.0 Å². The maximum absolute atomic E-state index is 13.0. The second-order valence-corrected chi connectivity index (χ2v) is 9.96. The SMILES string of the molecule is CC(=O)OC(c1ccc(C#N)c(NC2CCC(O)CC2)c1)c1n[nH]c2c1C(=O)CC(C)(C)C2. The third-order valence-electron chi connectivity index (χ3n) is 6.50. The van der Waals surface area contributed by atoms with Crippen LogP contribution in [0.3, 0.4) is 0 Å². The lowest BCUT2D eigenvalue weighted by atomic mass is 9.75. The van der Waals surface area contributed by atoms with Crippen molar-refractivity contribution in [3.05, 3.63) is 46.3 Å². The molecule has 1 aromatic carbocycles. The second-order valence-electron chi connectivity index (χ2n) is 9.96. The number of hydrogen-bond acceptors (Lipinski definition) is 7. The van der Waals surface area contributed by atoms with E-state index < -0.39 is 12.1 Å². The standard InChI is InChI=1S/C25H30N4O4/c1-14(30)33-24(23-22-20(28-29-23)11-25(2,3)12-21(22)32)15-4-5-16(13-26)19(10-15)27-17-6-8-18(31)9-7-17/h4-5,10,17-18,24,27,31H,6-9,11-12H2,1-3H3,(H,28,29). The molecule has 0 aliphatic heterocycles. The maximum Gasteiger partial charge on any atom is 0.303 e. The van der Waals surface area contributed by atoms with Crippen LogP contribution in [0.4, 0.5) is 5.69 Å². The van der Waals surface area contributed by atoms with Crippen LogP contribution in [-0.4, -0.2) is 39.2 Å². The Bertz CT molecular complexity index is 1110. The number of aromatic nitrogens is 2. The van der Waals surface area contributed by atoms with Gasteiger partial charge in [0.25, 0.3) is 0 Å². The van der Waals surface area contributed by atoms with Gasteiger partial charge in [-0.3, -0.25) is 14.7 Å². The molecule has 33 heavy (non-hydrogen) atoms. The monoisotopic (exact) mass is 450 g/mol. The lowest BCUT2D eigenvalue weighted by Crippen LogP contribution is -2.28. The van der Waals surface area contributed by atoms with Crippen molar-refractivity contribution in [2.75, 3.05) is 5.32 Å². The van der Waals surface area contributed by atoms with Crippen LogP contribution in [-0.2, 0) is 16.0 Å². The summed E-state index contributed by atoms with van der Waals surface area (Å²) < 4.78 is 5.66. The van der Waals surface area contributed by atoms with Crippen molar-refractivity contribution in [2.45, 2.75) is 77.5 Å². The molecule has 1 atom stereocenters. The molecule has 2 aromatic rings. The molecule has 1 unspecified atom stereocenters. The summed E-state index contributed by atoms with van der Waals surface area (Å²) in [6.45, 7) is 5.41. The molecule has 4 rings (SSSR count). The number of Topliss-reactive ketones (excluding diaryl/α,β-unsaturated/α-hetero) is 1. The highest BCUT2D eigenvalue weighted by molar-refractivity contribution is 6.00. The van der Waals surface area contributed by atoms with Gasteiger partial charge in [0.05, 0.1) is 22.9 Å². The summed E-state index contributed by atoms with van der Waals surface area (Å²) in [6.07, 6.45) is 2.98. The summed E-state index contributed by atoms with van der Waals surface area (Å²) in [5, 5.41) is 30.2. The molecule has 0 amide bonds. The number of nitrogens with one attached hydrogen (secondary N) is 2. The van der Waals surface area contributed by atoms with Crippen molar-refractivity contribution in [3.8, 4) is 6.07 Å². The molecule has 8 heteroatoms. The van der Waals surface area contributed by atoms with E-state index in [1.165, 1.54) is 6.92 Å². The Balaban J connectivity index is 1.71. The highest BCUT2D eigenvalue weighted by atomic mass is 16.5. The van der Waals surface area contributed by atoms with Gasteiger partial charge in [0.15, 0.2) is 11.9 Å². The first-order valence-electron chi connectivity index (χ1n) is 11.4. The zero-order chi connectivity index (χ0) is 23.8. The Morgan fingerprint density at radius 1 is 1.30 bits per heavy atom. The Morgan fingerprint density at radius 2 is 2.03 bits per heavy atom. The number of carbonyl (C=O) groups excluding carboxylic acids is 2. The molecule has 2 aliphatic rings. The van der Waals surface area contributed by atoms with Crippen LogP contribution < -0.4 is 5.32 Å². The second kappa shape index (κ2) is 8.99. The van der Waals surface area contributed by atoms with Crippen LogP contribution in [0.15, 0.2) is 18.2 Å². The van der Waals surface area contributed by atoms with Crippen molar-refractivity contribution >= 4 is 17.4 Å². The number of esters is 1. The molecule has 8 nitrogen and oxygen atoms in total. The molecule has 0 radical (unpaired) electrons. The molecular weight excluding hydrogens is 420 g/mol. The van der Waals surface area contributed by atoms with Gasteiger partial charge in [0.1, 0.15) is 11.8 Å². The number of aromatic amines is 1. The lowest BCUT2D eigenvalue weighted by Gasteiger charge is -2.29. The number of aliphatic hydroxyl groups excluding tert-OH is 1. The van der Waals surface area contributed by atoms with Gasteiger partial charge in [-0.25, -0.2) is 0 Å². The first-order valence-corrected chi connectivity index (χ1v) is 11.4. The van der Waals surface area contributed by atoms with Crippen molar-refractivity contribution in [3.63, 3.8) is 0 Å². The van der Waals surface area contributed by atoms with E-state index in [1.807, 2.05) is 13.8 Å². The predicted molar refractivity (Wildman–Crippen MR) is 122 cm³/mol. The van der Waals surface area contributed by atoms with Crippen LogP contribution >= 0.6 is 0 Å². The Hall–Kier alpha value is -3.18. The lowest BCUT2D eigenvalue weighted by molar-refractivity contribution is -0.144. The highest BCUT2D eigenvalue weighted by Crippen LogP contribution is 2.39. The minimum absolute atomic E-state index is 0.0186. The van der Waals surface area contributed by atoms with Crippen LogP contribution in [0.1, 0.15) is 91.9 Å². The fourth-order valence-electron chi connectivity index (χ4n) is 4.92. The molecule has 0 spiro atoms. The Labute approximate surface area is 193 Å². The van der Waals surface area contributed by atoms with Gasteiger partial charge in [0, 0.05) is 30.6 Å². The number of fused-ring (bicyclic) bond motifs is 1. The molecular formula is C25H30N4O4. The van der Waals surface area contributed by atoms with Gasteiger partial charge >= 0.3 is 5.97 Å². The minimum Gasteiger partial charge on any atom is -0.451 e. The fraction of sp³-hybridized carbons (Fsp3) is 0.520. The third-order valence-corrected chi connectivity index (χ3v) is 6.50. The highest BCUT2D eigenvalue weighted by Gasteiger charge is 2.37. The van der Waals surface area contributed by atoms with Crippen LogP contribution in [0.5, 0.6) is 0 Å². The molecule has 1 heterocycles. The number of benzene rings is 1. The molecule has 1 fully saturated rings. The topological polar surface area (TPSA) is 128 Å². The Morgan fingerprint density at radius 3 is 2.70 bits per heavy atom. The van der Waals surface area contributed by atoms with Crippen molar-refractivity contribution in [2.24, 2.45) is 5.41 Å². The summed E-state index contributed by atoms with van der Waals surface area (Å²) in [4.78, 5) is 25.0. The van der Waals surface area contributed by atoms with Crippen molar-refractivity contribution in [1.82, 2.24) is 10.2 Å². The van der Waals surface area contributed by atoms with E-state index in [0.29, 0.717) is 53.8 Å². The number of nitrogens with zero attached hydrogens (tertiary/aromatic N) is 2. The molecule has 1 saturated carbocycles. The number of carbonyl (C=O) groups is 2. The molecule has 2 aliphatic carbocycles. The molecule has 1 aromatic heterocycles. The number of ether oxygens (including phenoxy) is 1. The van der Waals surface area contributed by atoms with Gasteiger partial charge in [-0.2, -0.15) is 10.4 Å². The van der Waals surface area contributed by atoms with Crippen molar-refractivity contribution < 1.29 is 19.4 Å². The minimum atomic E-state index is -0.867. The molecule has 0 bridgehead atoms. The predicted octanol–water partition coefficient (Wildman–Crippen LogP) is 3.80. The summed E-state index contributed by atoms with van der Waals surface area (Å²) in [5.74, 6) is -0.504. The quantitative estimate of drug-likeness (QED) is 0.591. The van der Waals surface area contributed by atoms with E-state index in [4.69, 9.17) is 4.74 Å².